The number of aliphatic carboxylic acids is 2. The molecule has 1 amide bonds. The number of methoxy groups -OCH3 is 1. The summed E-state index contributed by atoms with van der Waals surface area (Å²) in [5.41, 5.74) is 7.68. The molecule has 45 heavy (non-hydrogen) atoms. The molecule has 1 atom stereocenters. The number of benzene rings is 2. The molecule has 0 spiro atoms. The van der Waals surface area contributed by atoms with Gasteiger partial charge in [0.25, 0.3) is 10.0 Å². The average molecular weight is 692 g/mol. The highest BCUT2D eigenvalue weighted by Crippen LogP contribution is 2.35. The third kappa shape index (κ3) is 9.55. The number of fused-ring (bicyclic) bond motifs is 1. The van der Waals surface area contributed by atoms with Crippen LogP contribution in [0.3, 0.4) is 0 Å². The molecule has 0 aliphatic carbocycles. The van der Waals surface area contributed by atoms with Gasteiger partial charge in [0, 0.05) is 6.54 Å². The van der Waals surface area contributed by atoms with E-state index in [1.165, 1.54) is 19.2 Å². The van der Waals surface area contributed by atoms with Crippen LogP contribution < -0.4 is 20.5 Å². The highest BCUT2D eigenvalue weighted by molar-refractivity contribution is 7.94. The fraction of sp³-hybridized carbons (Fsp3) is 0.231. The maximum absolute atomic E-state index is 13.0. The van der Waals surface area contributed by atoms with Crippen molar-refractivity contribution in [1.82, 2.24) is 15.1 Å². The number of carbonyl (C=O) groups excluding carboxylic acids is 1. The van der Waals surface area contributed by atoms with Crippen LogP contribution in [-0.2, 0) is 37.5 Å². The van der Waals surface area contributed by atoms with Gasteiger partial charge in [0.05, 0.1) is 35.3 Å². The molecule has 0 aliphatic heterocycles. The molecule has 0 radical (unpaired) electrons. The van der Waals surface area contributed by atoms with Crippen molar-refractivity contribution in [3.63, 3.8) is 0 Å². The molecule has 6 N–H and O–H groups in total. The highest BCUT2D eigenvalue weighted by atomic mass is 35.5. The SMILES string of the molecule is COc1cccc2c1c(NS(=O)(=O)c1ccc(Cl)s1)nn2Cc1cccc(CNC(=O)C[C@H](N)C(=O)O)c1.O=C(O)C(F)(F)F. The number of nitrogens with zero attached hydrogens (tertiary/aromatic N) is 2. The van der Waals surface area contributed by atoms with Gasteiger partial charge >= 0.3 is 18.1 Å². The van der Waals surface area contributed by atoms with Crippen LogP contribution in [0.5, 0.6) is 5.75 Å². The van der Waals surface area contributed by atoms with Crippen LogP contribution in [0.15, 0.2) is 58.8 Å². The lowest BCUT2D eigenvalue weighted by atomic mass is 10.1. The van der Waals surface area contributed by atoms with E-state index in [2.05, 4.69) is 15.1 Å². The summed E-state index contributed by atoms with van der Waals surface area (Å²) < 4.78 is 67.8. The number of sulfonamides is 1. The van der Waals surface area contributed by atoms with Crippen molar-refractivity contribution in [2.24, 2.45) is 5.73 Å². The summed E-state index contributed by atoms with van der Waals surface area (Å²) in [6.07, 6.45) is -5.41. The number of carbonyl (C=O) groups is 3. The van der Waals surface area contributed by atoms with Crippen LogP contribution in [0.1, 0.15) is 17.5 Å². The number of ether oxygens (including phenoxy) is 1. The monoisotopic (exact) mass is 691 g/mol. The fourth-order valence-electron chi connectivity index (χ4n) is 3.75. The molecule has 0 aliphatic rings. The first kappa shape index (κ1) is 35.1. The van der Waals surface area contributed by atoms with Gasteiger partial charge in [-0.15, -0.1) is 11.3 Å². The number of alkyl halides is 3. The first-order valence-corrected chi connectivity index (χ1v) is 15.1. The van der Waals surface area contributed by atoms with Crippen molar-refractivity contribution in [2.75, 3.05) is 11.8 Å². The first-order chi connectivity index (χ1) is 21.0. The minimum atomic E-state index is -5.08. The van der Waals surface area contributed by atoms with Gasteiger partial charge in [-0.3, -0.25) is 19.0 Å². The number of amides is 1. The number of hydrogen-bond acceptors (Lipinski definition) is 9. The molecule has 2 aromatic heterocycles. The summed E-state index contributed by atoms with van der Waals surface area (Å²) in [7, 11) is -2.45. The fourth-order valence-corrected chi connectivity index (χ4v) is 6.24. The molecular weight excluding hydrogens is 667 g/mol. The third-order valence-electron chi connectivity index (χ3n) is 5.78. The smallest absolute Gasteiger partial charge is 0.490 e. The zero-order valence-electron chi connectivity index (χ0n) is 23.0. The van der Waals surface area contributed by atoms with Gasteiger partial charge in [-0.25, -0.2) is 13.2 Å². The van der Waals surface area contributed by atoms with E-state index in [1.807, 2.05) is 24.3 Å². The van der Waals surface area contributed by atoms with Crippen LogP contribution in [0.2, 0.25) is 4.34 Å². The Labute approximate surface area is 262 Å². The van der Waals surface area contributed by atoms with Gasteiger partial charge in [-0.05, 0) is 35.4 Å². The number of rotatable bonds is 11. The van der Waals surface area contributed by atoms with Crippen molar-refractivity contribution in [3.05, 3.63) is 70.1 Å². The Morgan fingerprint density at radius 2 is 1.76 bits per heavy atom. The topological polar surface area (TPSA) is 203 Å². The molecule has 242 valence electrons. The van der Waals surface area contributed by atoms with Crippen LogP contribution >= 0.6 is 22.9 Å². The van der Waals surface area contributed by atoms with Gasteiger partial charge in [0.15, 0.2) is 5.82 Å². The Bertz CT molecular complexity index is 1810. The molecule has 4 rings (SSSR count). The summed E-state index contributed by atoms with van der Waals surface area (Å²) in [5, 5.41) is 23.7. The number of nitrogens with one attached hydrogen (secondary N) is 2. The molecule has 0 saturated carbocycles. The number of aromatic nitrogens is 2. The quantitative estimate of drug-likeness (QED) is 0.154. The van der Waals surface area contributed by atoms with Crippen molar-refractivity contribution in [1.29, 1.82) is 0 Å². The third-order valence-corrected chi connectivity index (χ3v) is 8.84. The van der Waals surface area contributed by atoms with E-state index in [1.54, 1.807) is 22.9 Å². The Morgan fingerprint density at radius 1 is 1.11 bits per heavy atom. The van der Waals surface area contributed by atoms with Crippen molar-refractivity contribution >= 4 is 67.5 Å². The zero-order chi connectivity index (χ0) is 33.5. The molecule has 2 heterocycles. The van der Waals surface area contributed by atoms with E-state index in [0.717, 1.165) is 22.5 Å². The summed E-state index contributed by atoms with van der Waals surface area (Å²) in [6, 6.07) is 14.3. The van der Waals surface area contributed by atoms with Gasteiger partial charge in [-0.2, -0.15) is 18.3 Å². The lowest BCUT2D eigenvalue weighted by molar-refractivity contribution is -0.192. The second-order valence-corrected chi connectivity index (χ2v) is 12.7. The van der Waals surface area contributed by atoms with E-state index in [9.17, 15) is 31.2 Å². The standard InChI is InChI=1S/C24H24ClN5O6S2.C2HF3O2/c1-36-18-7-3-6-17-22(18)23(29-38(34,35)21-9-8-19(25)37-21)28-30(17)13-15-5-2-4-14(10-15)12-27-20(31)11-16(26)24(32)33;3-2(4,5)1(6)7/h2-10,16H,11-13,26H2,1H3,(H,27,31)(H,28,29)(H,32,33);(H,6,7)/t16-;/m0./s1. The lowest BCUT2D eigenvalue weighted by Crippen LogP contribution is -2.36. The predicted octanol–water partition coefficient (Wildman–Crippen LogP) is 3.66. The molecule has 0 saturated heterocycles. The minimum absolute atomic E-state index is 0.0548. The average Bonchev–Trinajstić information content (AvgIpc) is 3.55. The Kier molecular flexibility index (Phi) is 11.4. The molecule has 4 aromatic rings. The second-order valence-electron chi connectivity index (χ2n) is 9.07. The number of hydrogen-bond donors (Lipinski definition) is 5. The van der Waals surface area contributed by atoms with Crippen LogP contribution in [0.4, 0.5) is 19.0 Å². The van der Waals surface area contributed by atoms with Crippen LogP contribution in [-0.4, -0.2) is 65.6 Å². The number of halogens is 4. The lowest BCUT2D eigenvalue weighted by Gasteiger charge is -2.10. The summed E-state index contributed by atoms with van der Waals surface area (Å²) in [6.45, 7) is 0.475. The van der Waals surface area contributed by atoms with Gasteiger partial charge in [0.2, 0.25) is 5.91 Å². The summed E-state index contributed by atoms with van der Waals surface area (Å²) in [5.74, 6) is -3.91. The number of thiophene rings is 1. The normalized spacial score (nSPS) is 12.1. The molecule has 13 nitrogen and oxygen atoms in total. The Balaban J connectivity index is 0.000000707. The molecule has 2 aromatic carbocycles. The predicted molar refractivity (Wildman–Crippen MR) is 158 cm³/mol. The number of carboxylic acid groups (broad SMARTS) is 2. The van der Waals surface area contributed by atoms with Gasteiger partial charge < -0.3 is 26.0 Å². The highest BCUT2D eigenvalue weighted by Gasteiger charge is 2.38. The summed E-state index contributed by atoms with van der Waals surface area (Å²) >= 11 is 6.86. The number of nitrogens with two attached hydrogens (primary N) is 1. The van der Waals surface area contributed by atoms with Crippen LogP contribution in [0.25, 0.3) is 10.9 Å². The van der Waals surface area contributed by atoms with E-state index in [4.69, 9.17) is 37.1 Å². The minimum Gasteiger partial charge on any atom is -0.496 e. The van der Waals surface area contributed by atoms with Gasteiger partial charge in [-0.1, -0.05) is 41.9 Å². The Hall–Kier alpha value is -4.39. The molecule has 0 fully saturated rings. The van der Waals surface area contributed by atoms with Gasteiger partial charge in [0.1, 0.15) is 16.0 Å². The molecule has 0 bridgehead atoms. The molecule has 0 unspecified atom stereocenters. The number of anilines is 1. The summed E-state index contributed by atoms with van der Waals surface area (Å²) in [4.78, 5) is 31.7. The zero-order valence-corrected chi connectivity index (χ0v) is 25.4. The maximum Gasteiger partial charge on any atom is 0.490 e. The van der Waals surface area contributed by atoms with E-state index >= 15 is 0 Å². The second kappa shape index (κ2) is 14.6. The van der Waals surface area contributed by atoms with E-state index in [-0.39, 0.29) is 23.0 Å². The van der Waals surface area contributed by atoms with E-state index in [0.29, 0.717) is 27.5 Å². The van der Waals surface area contributed by atoms with Crippen LogP contribution in [0, 0.1) is 0 Å². The molecule has 19 heteroatoms. The maximum atomic E-state index is 13.0. The molecular formula is C26H25ClF3N5O8S2. The number of carboxylic acids is 2. The largest absolute Gasteiger partial charge is 0.496 e. The van der Waals surface area contributed by atoms with Crippen molar-refractivity contribution < 1.29 is 50.9 Å². The van der Waals surface area contributed by atoms with Crippen molar-refractivity contribution in [3.8, 4) is 5.75 Å². The Morgan fingerprint density at radius 3 is 2.33 bits per heavy atom. The van der Waals surface area contributed by atoms with Crippen molar-refractivity contribution in [2.45, 2.75) is 35.9 Å². The first-order valence-electron chi connectivity index (χ1n) is 12.5. The van der Waals surface area contributed by atoms with E-state index < -0.39 is 40.1 Å².